The molecule has 6 rings (SSSR count). The fraction of sp³-hybridized carbons (Fsp3) is 0.618. The Morgan fingerprint density at radius 1 is 0.895 bits per heavy atom. The Labute approximate surface area is 228 Å². The first-order valence-electron chi connectivity index (χ1n) is 15.0. The van der Waals surface area contributed by atoms with E-state index in [1.807, 2.05) is 13.0 Å². The van der Waals surface area contributed by atoms with Crippen molar-refractivity contribution in [2.45, 2.75) is 83.8 Å². The van der Waals surface area contributed by atoms with Crippen LogP contribution in [-0.2, 0) is 16.2 Å². The van der Waals surface area contributed by atoms with Crippen LogP contribution in [0.3, 0.4) is 0 Å². The highest BCUT2D eigenvalue weighted by Gasteiger charge is 2.59. The molecule has 2 aromatic carbocycles. The quantitative estimate of drug-likeness (QED) is 0.426. The maximum absolute atomic E-state index is 14.0. The molecule has 4 nitrogen and oxygen atoms in total. The number of hydrogen-bond acceptors (Lipinski definition) is 3. The van der Waals surface area contributed by atoms with Crippen molar-refractivity contribution >= 4 is 5.91 Å². The van der Waals surface area contributed by atoms with Crippen molar-refractivity contribution in [1.82, 2.24) is 5.06 Å². The van der Waals surface area contributed by atoms with Crippen LogP contribution in [0.25, 0.3) is 11.1 Å². The SMILES string of the molecule is CON(Cc1cccc(-c2ccccc2)c1)C(=O)[C@H]1CC[C@H]2[C@@H]3CC[C@@H]4C[C@](C)(O)CC[C@@H]4[C@H]3CC[C@]12C. The molecule has 4 fully saturated rings. The number of nitrogens with zero attached hydrogens (tertiary/aromatic N) is 1. The van der Waals surface area contributed by atoms with Gasteiger partial charge in [-0.1, -0.05) is 55.5 Å². The first-order valence-corrected chi connectivity index (χ1v) is 15.0. The highest BCUT2D eigenvalue weighted by atomic mass is 16.7. The molecule has 0 radical (unpaired) electrons. The zero-order chi connectivity index (χ0) is 26.5. The van der Waals surface area contributed by atoms with E-state index >= 15 is 0 Å². The van der Waals surface area contributed by atoms with Crippen LogP contribution in [-0.4, -0.2) is 28.8 Å². The molecule has 0 aromatic heterocycles. The summed E-state index contributed by atoms with van der Waals surface area (Å²) in [6.45, 7) is 4.94. The molecule has 4 saturated carbocycles. The monoisotopic (exact) mass is 515 g/mol. The molecule has 1 amide bonds. The lowest BCUT2D eigenvalue weighted by Crippen LogP contribution is -2.52. The minimum Gasteiger partial charge on any atom is -0.390 e. The lowest BCUT2D eigenvalue weighted by atomic mass is 9.49. The van der Waals surface area contributed by atoms with Crippen molar-refractivity contribution in [3.8, 4) is 11.1 Å². The van der Waals surface area contributed by atoms with Crippen LogP contribution in [0.4, 0.5) is 0 Å². The van der Waals surface area contributed by atoms with Gasteiger partial charge in [0.2, 0.25) is 5.91 Å². The predicted octanol–water partition coefficient (Wildman–Crippen LogP) is 7.26. The van der Waals surface area contributed by atoms with Gasteiger partial charge in [0.05, 0.1) is 19.3 Å². The first-order chi connectivity index (χ1) is 18.3. The molecule has 0 aliphatic heterocycles. The number of amides is 1. The summed E-state index contributed by atoms with van der Waals surface area (Å²) in [4.78, 5) is 19.8. The Hall–Kier alpha value is -2.17. The zero-order valence-electron chi connectivity index (χ0n) is 23.4. The highest BCUT2D eigenvalue weighted by Crippen LogP contribution is 2.64. The Kier molecular flexibility index (Phi) is 6.93. The third kappa shape index (κ3) is 4.62. The fourth-order valence-corrected chi connectivity index (χ4v) is 9.54. The average molecular weight is 516 g/mol. The normalized spacial score (nSPS) is 38.1. The van der Waals surface area contributed by atoms with Gasteiger partial charge in [-0.3, -0.25) is 9.63 Å². The van der Waals surface area contributed by atoms with Gasteiger partial charge >= 0.3 is 0 Å². The van der Waals surface area contributed by atoms with Crippen LogP contribution in [0.5, 0.6) is 0 Å². The minimum atomic E-state index is -0.466. The minimum absolute atomic E-state index is 0.0375. The molecule has 0 unspecified atom stereocenters. The van der Waals surface area contributed by atoms with E-state index in [9.17, 15) is 9.90 Å². The van der Waals surface area contributed by atoms with Crippen LogP contribution in [0.15, 0.2) is 54.6 Å². The molecule has 4 aliphatic carbocycles. The molecular formula is C34H45NO3. The third-order valence-electron chi connectivity index (χ3n) is 11.4. The van der Waals surface area contributed by atoms with Crippen LogP contribution in [0, 0.1) is 40.9 Å². The number of fused-ring (bicyclic) bond motifs is 5. The Morgan fingerprint density at radius 3 is 2.45 bits per heavy atom. The zero-order valence-corrected chi connectivity index (χ0v) is 23.4. The van der Waals surface area contributed by atoms with Gasteiger partial charge in [-0.25, -0.2) is 5.06 Å². The van der Waals surface area contributed by atoms with Crippen molar-refractivity contribution < 1.29 is 14.7 Å². The molecule has 4 aliphatic rings. The summed E-state index contributed by atoms with van der Waals surface area (Å²) in [6.07, 6.45) is 10.2. The van der Waals surface area contributed by atoms with Crippen LogP contribution >= 0.6 is 0 Å². The van der Waals surface area contributed by atoms with Gasteiger partial charge in [0.15, 0.2) is 0 Å². The second kappa shape index (κ2) is 10.1. The van der Waals surface area contributed by atoms with Gasteiger partial charge in [0.1, 0.15) is 0 Å². The van der Waals surface area contributed by atoms with Gasteiger partial charge in [0, 0.05) is 5.92 Å². The largest absolute Gasteiger partial charge is 0.390 e. The van der Waals surface area contributed by atoms with Gasteiger partial charge in [-0.05, 0) is 122 Å². The topological polar surface area (TPSA) is 49.8 Å². The lowest BCUT2D eigenvalue weighted by Gasteiger charge is -2.56. The van der Waals surface area contributed by atoms with E-state index in [4.69, 9.17) is 4.84 Å². The van der Waals surface area contributed by atoms with Crippen molar-refractivity contribution in [3.63, 3.8) is 0 Å². The molecule has 0 heterocycles. The Morgan fingerprint density at radius 2 is 1.66 bits per heavy atom. The van der Waals surface area contributed by atoms with Crippen molar-refractivity contribution in [3.05, 3.63) is 60.2 Å². The summed E-state index contributed by atoms with van der Waals surface area (Å²) in [6, 6.07) is 18.9. The predicted molar refractivity (Wildman–Crippen MR) is 151 cm³/mol. The molecule has 8 atom stereocenters. The number of rotatable bonds is 5. The van der Waals surface area contributed by atoms with E-state index in [0.29, 0.717) is 18.4 Å². The summed E-state index contributed by atoms with van der Waals surface area (Å²) in [7, 11) is 1.64. The van der Waals surface area contributed by atoms with Crippen molar-refractivity contribution in [2.75, 3.05) is 7.11 Å². The standard InChI is InChI=1S/C34H45NO3/c1-33(37)18-16-27-26(21-33)12-13-29-28(27)17-19-34(2)30(29)14-15-31(34)32(36)35(38-3)22-23-8-7-11-25(20-23)24-9-5-4-6-10-24/h4-11,20,26-31,37H,12-19,21-22H2,1-3H3/t26-,27+,28-,29-,30+,31-,33-,34+/m1/s1. The van der Waals surface area contributed by atoms with Gasteiger partial charge < -0.3 is 5.11 Å². The van der Waals surface area contributed by atoms with E-state index in [1.54, 1.807) is 12.2 Å². The number of carbonyl (C=O) groups excluding carboxylic acids is 1. The van der Waals surface area contributed by atoms with E-state index in [1.165, 1.54) is 37.7 Å². The second-order valence-electron chi connectivity index (χ2n) is 13.5. The van der Waals surface area contributed by atoms with Crippen LogP contribution in [0.2, 0.25) is 0 Å². The average Bonchev–Trinajstić information content (AvgIpc) is 3.28. The molecular weight excluding hydrogens is 470 g/mol. The van der Waals surface area contributed by atoms with Gasteiger partial charge in [-0.2, -0.15) is 0 Å². The number of hydrogen-bond donors (Lipinski definition) is 1. The summed E-state index contributed by atoms with van der Waals surface area (Å²) in [5.74, 6) is 3.85. The van der Waals surface area contributed by atoms with E-state index in [-0.39, 0.29) is 17.2 Å². The van der Waals surface area contributed by atoms with Gasteiger partial charge in [-0.15, -0.1) is 0 Å². The molecule has 204 valence electrons. The smallest absolute Gasteiger partial charge is 0.250 e. The maximum Gasteiger partial charge on any atom is 0.250 e. The lowest BCUT2D eigenvalue weighted by molar-refractivity contribution is -0.190. The number of benzene rings is 2. The van der Waals surface area contributed by atoms with Crippen molar-refractivity contribution in [2.24, 2.45) is 40.9 Å². The van der Waals surface area contributed by atoms with E-state index in [0.717, 1.165) is 54.6 Å². The molecule has 0 spiro atoms. The highest BCUT2D eigenvalue weighted by molar-refractivity contribution is 5.79. The Balaban J connectivity index is 1.16. The summed E-state index contributed by atoms with van der Waals surface area (Å²) in [5, 5.41) is 12.3. The Bertz CT molecular complexity index is 1150. The second-order valence-corrected chi connectivity index (χ2v) is 13.5. The first kappa shape index (κ1) is 26.1. The summed E-state index contributed by atoms with van der Waals surface area (Å²) < 4.78 is 0. The van der Waals surface area contributed by atoms with Crippen LogP contribution in [0.1, 0.15) is 77.2 Å². The molecule has 4 heteroatoms. The van der Waals surface area contributed by atoms with Gasteiger partial charge in [0.25, 0.3) is 0 Å². The molecule has 1 N–H and O–H groups in total. The molecule has 0 saturated heterocycles. The van der Waals surface area contributed by atoms with E-state index < -0.39 is 5.60 Å². The molecule has 2 aromatic rings. The summed E-state index contributed by atoms with van der Waals surface area (Å²) in [5.41, 5.74) is 3.04. The number of hydroxylamine groups is 2. The maximum atomic E-state index is 14.0. The third-order valence-corrected chi connectivity index (χ3v) is 11.4. The summed E-state index contributed by atoms with van der Waals surface area (Å²) >= 11 is 0. The fourth-order valence-electron chi connectivity index (χ4n) is 9.54. The van der Waals surface area contributed by atoms with Crippen LogP contribution < -0.4 is 0 Å². The van der Waals surface area contributed by atoms with E-state index in [2.05, 4.69) is 55.5 Å². The molecule has 0 bridgehead atoms. The van der Waals surface area contributed by atoms with Crippen molar-refractivity contribution in [1.29, 1.82) is 0 Å². The molecule has 38 heavy (non-hydrogen) atoms. The number of aliphatic hydroxyl groups is 1. The number of carbonyl (C=O) groups is 1.